The molecular weight excluding hydrogens is 496 g/mol. The summed E-state index contributed by atoms with van der Waals surface area (Å²) in [6.07, 6.45) is -12.8. The molecule has 3 rings (SSSR count). The monoisotopic (exact) mass is 515 g/mol. The number of halogens is 6. The summed E-state index contributed by atoms with van der Waals surface area (Å²) in [5, 5.41) is 25.5. The van der Waals surface area contributed by atoms with Crippen LogP contribution in [0.4, 0.5) is 26.3 Å². The zero-order chi connectivity index (χ0) is 26.0. The average molecular weight is 515 g/mol. The van der Waals surface area contributed by atoms with Gasteiger partial charge in [-0.05, 0) is 37.1 Å². The van der Waals surface area contributed by atoms with Crippen molar-refractivity contribution >= 4 is 12.0 Å². The molecule has 1 unspecified atom stereocenters. The number of hydrogen-bond acceptors (Lipinski definition) is 8. The Labute approximate surface area is 193 Å². The van der Waals surface area contributed by atoms with Crippen molar-refractivity contribution in [1.29, 1.82) is 0 Å². The smallest absolute Gasteiger partial charge is 0.569 e. The van der Waals surface area contributed by atoms with Crippen LogP contribution in [0.2, 0.25) is 0 Å². The number of carbonyl (C=O) groups excluding carboxylic acids is 1. The zero-order valence-corrected chi connectivity index (χ0v) is 17.9. The average Bonchev–Trinajstić information content (AvgIpc) is 3.23. The van der Waals surface area contributed by atoms with Crippen molar-refractivity contribution in [3.63, 3.8) is 0 Å². The summed E-state index contributed by atoms with van der Waals surface area (Å²) >= 11 is 0. The van der Waals surface area contributed by atoms with Gasteiger partial charge in [-0.15, -0.1) is 18.2 Å². The van der Waals surface area contributed by atoms with Crippen LogP contribution in [0.25, 0.3) is 6.08 Å². The molecule has 0 saturated carbocycles. The standard InChI is InChI=1S/C19H19F6N3O7/c1-10(35-26-28(31)27-6-2-3-12(27)9-29)32-17(30)14-8-11-7-13(34-19(23,24)25)4-5-15(11)33-16(14)18(20,21)22/h4-5,7-8,10,12,16,29H,2-3,6,9H2,1H3/b28-26-/t10?,12-,16-/m0/s1. The number of hydrogen-bond donors (Lipinski definition) is 1. The number of benzene rings is 1. The second kappa shape index (κ2) is 10.1. The molecule has 0 radical (unpaired) electrons. The molecule has 2 aliphatic heterocycles. The molecule has 0 spiro atoms. The number of esters is 1. The highest BCUT2D eigenvalue weighted by Gasteiger charge is 2.49. The maximum absolute atomic E-state index is 13.5. The summed E-state index contributed by atoms with van der Waals surface area (Å²) in [6.45, 7) is 1.02. The van der Waals surface area contributed by atoms with Gasteiger partial charge in [0.15, 0.2) is 0 Å². The third kappa shape index (κ3) is 6.58. The minimum Gasteiger partial charge on any atom is -0.569 e. The highest BCUT2D eigenvalue weighted by Crippen LogP contribution is 2.39. The minimum atomic E-state index is -5.08. The fourth-order valence-corrected chi connectivity index (χ4v) is 3.41. The van der Waals surface area contributed by atoms with Crippen LogP contribution in [0.3, 0.4) is 0 Å². The van der Waals surface area contributed by atoms with Gasteiger partial charge in [0.2, 0.25) is 11.4 Å². The van der Waals surface area contributed by atoms with Gasteiger partial charge >= 0.3 is 18.5 Å². The maximum Gasteiger partial charge on any atom is 0.573 e. The van der Waals surface area contributed by atoms with E-state index in [-0.39, 0.29) is 23.7 Å². The first kappa shape index (κ1) is 26.2. The lowest BCUT2D eigenvalue weighted by atomic mass is 10.0. The second-order valence-corrected chi connectivity index (χ2v) is 7.44. The fourth-order valence-electron chi connectivity index (χ4n) is 3.41. The van der Waals surface area contributed by atoms with E-state index in [9.17, 15) is 41.5 Å². The largest absolute Gasteiger partial charge is 0.573 e. The Balaban J connectivity index is 1.76. The predicted molar refractivity (Wildman–Crippen MR) is 101 cm³/mol. The lowest BCUT2D eigenvalue weighted by Crippen LogP contribution is -2.41. The quantitative estimate of drug-likeness (QED) is 0.147. The first-order valence-electron chi connectivity index (χ1n) is 10.1. The van der Waals surface area contributed by atoms with Gasteiger partial charge in [0.1, 0.15) is 17.5 Å². The molecule has 2 heterocycles. The molecule has 194 valence electrons. The van der Waals surface area contributed by atoms with E-state index in [4.69, 9.17) is 14.3 Å². The van der Waals surface area contributed by atoms with E-state index in [2.05, 4.69) is 10.0 Å². The Morgan fingerprint density at radius 3 is 2.69 bits per heavy atom. The highest BCUT2D eigenvalue weighted by molar-refractivity contribution is 5.96. The van der Waals surface area contributed by atoms with Crippen molar-refractivity contribution in [1.82, 2.24) is 5.01 Å². The van der Waals surface area contributed by atoms with Crippen LogP contribution in [0.15, 0.2) is 29.0 Å². The van der Waals surface area contributed by atoms with Crippen LogP contribution >= 0.6 is 0 Å². The maximum atomic E-state index is 13.5. The molecule has 1 fully saturated rings. The van der Waals surface area contributed by atoms with Gasteiger partial charge in [-0.25, -0.2) is 4.79 Å². The molecule has 0 amide bonds. The van der Waals surface area contributed by atoms with Gasteiger partial charge in [0.25, 0.3) is 6.29 Å². The van der Waals surface area contributed by atoms with Gasteiger partial charge in [0.05, 0.1) is 23.7 Å². The number of nitrogens with zero attached hydrogens (tertiary/aromatic N) is 3. The van der Waals surface area contributed by atoms with E-state index in [0.29, 0.717) is 18.9 Å². The molecule has 35 heavy (non-hydrogen) atoms. The number of hydrazine groups is 1. The summed E-state index contributed by atoms with van der Waals surface area (Å²) in [4.78, 5) is 17.2. The van der Waals surface area contributed by atoms with Crippen molar-refractivity contribution in [3.8, 4) is 11.5 Å². The van der Waals surface area contributed by atoms with Crippen LogP contribution < -0.4 is 9.47 Å². The van der Waals surface area contributed by atoms with Gasteiger partial charge < -0.3 is 24.5 Å². The van der Waals surface area contributed by atoms with Crippen LogP contribution in [0.5, 0.6) is 11.5 Å². The van der Waals surface area contributed by atoms with Gasteiger partial charge in [-0.1, -0.05) is 0 Å². The van der Waals surface area contributed by atoms with Crippen LogP contribution in [-0.4, -0.2) is 65.2 Å². The van der Waals surface area contributed by atoms with Crippen molar-refractivity contribution in [2.45, 2.75) is 50.7 Å². The Bertz CT molecular complexity index is 998. The van der Waals surface area contributed by atoms with Crippen molar-refractivity contribution in [2.75, 3.05) is 13.2 Å². The number of alkyl halides is 6. The Kier molecular flexibility index (Phi) is 7.52. The van der Waals surface area contributed by atoms with Crippen molar-refractivity contribution in [2.24, 2.45) is 5.28 Å². The molecular formula is C19H19F6N3O7. The first-order valence-corrected chi connectivity index (χ1v) is 10.1. The summed E-state index contributed by atoms with van der Waals surface area (Å²) in [7, 11) is 0. The van der Waals surface area contributed by atoms with E-state index in [1.165, 1.54) is 0 Å². The van der Waals surface area contributed by atoms with Crippen molar-refractivity contribution in [3.05, 3.63) is 34.5 Å². The zero-order valence-electron chi connectivity index (χ0n) is 17.9. The fraction of sp³-hybridized carbons (Fsp3) is 0.526. The molecule has 3 atom stereocenters. The van der Waals surface area contributed by atoms with Gasteiger partial charge in [-0.2, -0.15) is 13.2 Å². The summed E-state index contributed by atoms with van der Waals surface area (Å²) in [5.41, 5.74) is -1.38. The third-order valence-electron chi connectivity index (χ3n) is 4.90. The molecule has 1 aromatic rings. The molecule has 0 aliphatic carbocycles. The van der Waals surface area contributed by atoms with Crippen LogP contribution in [-0.2, 0) is 14.4 Å². The van der Waals surface area contributed by atoms with E-state index >= 15 is 0 Å². The third-order valence-corrected chi connectivity index (χ3v) is 4.90. The number of ether oxygens (including phenoxy) is 3. The second-order valence-electron chi connectivity index (χ2n) is 7.44. The lowest BCUT2D eigenvalue weighted by Gasteiger charge is -2.28. The van der Waals surface area contributed by atoms with Crippen LogP contribution in [0.1, 0.15) is 25.3 Å². The summed E-state index contributed by atoms with van der Waals surface area (Å²) < 4.78 is 91.2. The van der Waals surface area contributed by atoms with Gasteiger partial charge in [-0.3, -0.25) is 4.84 Å². The molecule has 10 nitrogen and oxygen atoms in total. The Hall–Kier alpha value is -3.43. The van der Waals surface area contributed by atoms with E-state index in [1.807, 2.05) is 0 Å². The number of carbonyl (C=O) groups is 1. The Morgan fingerprint density at radius 1 is 1.34 bits per heavy atom. The molecule has 0 aromatic heterocycles. The van der Waals surface area contributed by atoms with Crippen molar-refractivity contribution < 1.29 is 60.3 Å². The lowest BCUT2D eigenvalue weighted by molar-refractivity contribution is -0.716. The molecule has 16 heteroatoms. The van der Waals surface area contributed by atoms with E-state index in [1.54, 1.807) is 0 Å². The summed E-state index contributed by atoms with van der Waals surface area (Å²) in [6, 6.07) is 1.83. The number of aliphatic hydroxyl groups is 1. The normalized spacial score (nSPS) is 21.5. The Morgan fingerprint density at radius 2 is 2.06 bits per heavy atom. The molecule has 1 saturated heterocycles. The molecule has 1 aromatic carbocycles. The molecule has 0 bridgehead atoms. The van der Waals surface area contributed by atoms with E-state index in [0.717, 1.165) is 30.1 Å². The van der Waals surface area contributed by atoms with Gasteiger partial charge in [0, 0.05) is 12.5 Å². The number of fused-ring (bicyclic) bond motifs is 1. The number of aliphatic hydroxyl groups excluding tert-OH is 1. The van der Waals surface area contributed by atoms with Crippen LogP contribution in [0, 0.1) is 5.21 Å². The topological polar surface area (TPSA) is 116 Å². The van der Waals surface area contributed by atoms with E-state index < -0.39 is 54.0 Å². The SMILES string of the molecule is CC(O/N=[N+](\[O-])N1CCC[C@H]1CO)OC(=O)C1=Cc2cc(OC(F)(F)F)ccc2O[C@@H]1C(F)(F)F. The minimum absolute atomic E-state index is 0.0259. The highest BCUT2D eigenvalue weighted by atomic mass is 19.4. The summed E-state index contributed by atoms with van der Waals surface area (Å²) in [5.74, 6) is -2.76. The first-order chi connectivity index (χ1) is 16.3. The predicted octanol–water partition coefficient (Wildman–Crippen LogP) is 3.45. The molecule has 2 aliphatic rings. The molecule has 1 N–H and O–H groups in total. The number of rotatable bonds is 7.